The molecule has 0 bridgehead atoms. The van der Waals surface area contributed by atoms with Crippen LogP contribution in [0, 0.1) is 0 Å². The summed E-state index contributed by atoms with van der Waals surface area (Å²) in [6.45, 7) is 2.02. The highest BCUT2D eigenvalue weighted by molar-refractivity contribution is 9.10. The topological polar surface area (TPSA) is 87.7 Å². The van der Waals surface area contributed by atoms with Gasteiger partial charge in [0.05, 0.1) is 35.2 Å². The van der Waals surface area contributed by atoms with E-state index in [0.717, 1.165) is 0 Å². The van der Waals surface area contributed by atoms with Crippen LogP contribution in [0.2, 0.25) is 10.0 Å². The van der Waals surface area contributed by atoms with Gasteiger partial charge in [-0.3, -0.25) is 9.52 Å². The summed E-state index contributed by atoms with van der Waals surface area (Å²) >= 11 is 15.6. The van der Waals surface area contributed by atoms with Crippen LogP contribution >= 0.6 is 39.1 Å². The normalized spacial score (nSPS) is 14.0. The number of nitrogens with zero attached hydrogens (tertiary/aromatic N) is 1. The number of rotatable bonds is 6. The Kier molecular flexibility index (Phi) is 7.69. The lowest BCUT2D eigenvalue weighted by Gasteiger charge is -2.30. The maximum absolute atomic E-state index is 13.5. The Morgan fingerprint density at radius 3 is 2.47 bits per heavy atom. The molecule has 2 N–H and O–H groups in total. The third kappa shape index (κ3) is 5.67. The van der Waals surface area contributed by atoms with E-state index < -0.39 is 10.0 Å². The monoisotopic (exact) mass is 583 g/mol. The van der Waals surface area contributed by atoms with Gasteiger partial charge in [0, 0.05) is 28.3 Å². The van der Waals surface area contributed by atoms with E-state index in [2.05, 4.69) is 26.0 Å². The zero-order chi connectivity index (χ0) is 24.3. The van der Waals surface area contributed by atoms with Crippen molar-refractivity contribution >= 4 is 72.1 Å². The molecule has 0 saturated carbocycles. The number of hydrogen-bond acceptors (Lipinski definition) is 5. The van der Waals surface area contributed by atoms with Crippen molar-refractivity contribution in [3.05, 3.63) is 80.7 Å². The average molecular weight is 585 g/mol. The molecule has 0 aromatic heterocycles. The fourth-order valence-electron chi connectivity index (χ4n) is 3.49. The van der Waals surface area contributed by atoms with Crippen LogP contribution in [0.3, 0.4) is 0 Å². The van der Waals surface area contributed by atoms with Gasteiger partial charge in [-0.2, -0.15) is 0 Å². The van der Waals surface area contributed by atoms with E-state index in [1.807, 2.05) is 4.90 Å². The largest absolute Gasteiger partial charge is 0.378 e. The van der Waals surface area contributed by atoms with Crippen LogP contribution in [-0.2, 0) is 14.8 Å². The minimum absolute atomic E-state index is 0.00429. The van der Waals surface area contributed by atoms with Crippen LogP contribution in [0.25, 0.3) is 0 Å². The highest BCUT2D eigenvalue weighted by atomic mass is 79.9. The predicted octanol–water partition coefficient (Wildman–Crippen LogP) is 5.65. The molecule has 3 aromatic rings. The Hall–Kier alpha value is -2.30. The van der Waals surface area contributed by atoms with Crippen LogP contribution in [0.4, 0.5) is 17.1 Å². The number of carbonyl (C=O) groups excluding carboxylic acids is 1. The zero-order valence-electron chi connectivity index (χ0n) is 17.7. The van der Waals surface area contributed by atoms with E-state index in [-0.39, 0.29) is 21.5 Å². The SMILES string of the molecule is O=C(Nc1ccc(N2CCOCC2)c(S(=O)(=O)Nc2cc(Cl)ccc2Cl)c1)c1ccccc1Br. The first-order valence-corrected chi connectivity index (χ1v) is 13.3. The lowest BCUT2D eigenvalue weighted by molar-refractivity contribution is 0.102. The molecule has 4 rings (SSSR count). The number of anilines is 3. The maximum Gasteiger partial charge on any atom is 0.264 e. The molecule has 1 amide bonds. The number of nitrogens with one attached hydrogen (secondary N) is 2. The number of ether oxygens (including phenoxy) is 1. The first kappa shape index (κ1) is 24.8. The third-order valence-electron chi connectivity index (χ3n) is 5.15. The molecule has 1 fully saturated rings. The van der Waals surface area contributed by atoms with Crippen molar-refractivity contribution in [2.45, 2.75) is 4.90 Å². The van der Waals surface area contributed by atoms with Crippen molar-refractivity contribution in [3.8, 4) is 0 Å². The molecule has 1 heterocycles. The average Bonchev–Trinajstić information content (AvgIpc) is 2.82. The Bertz CT molecular complexity index is 1330. The van der Waals surface area contributed by atoms with Gasteiger partial charge in [-0.25, -0.2) is 8.42 Å². The molecule has 0 atom stereocenters. The Morgan fingerprint density at radius 1 is 1.00 bits per heavy atom. The number of halogens is 3. The first-order valence-electron chi connectivity index (χ1n) is 10.2. The number of carbonyl (C=O) groups is 1. The maximum atomic E-state index is 13.5. The summed E-state index contributed by atoms with van der Waals surface area (Å²) in [4.78, 5) is 14.7. The van der Waals surface area contributed by atoms with E-state index in [1.54, 1.807) is 42.5 Å². The van der Waals surface area contributed by atoms with Gasteiger partial charge in [0.15, 0.2) is 0 Å². The van der Waals surface area contributed by atoms with Crippen molar-refractivity contribution in [3.63, 3.8) is 0 Å². The second-order valence-corrected chi connectivity index (χ2v) is 10.8. The van der Waals surface area contributed by atoms with E-state index in [0.29, 0.717) is 52.7 Å². The van der Waals surface area contributed by atoms with Crippen molar-refractivity contribution in [2.75, 3.05) is 41.2 Å². The van der Waals surface area contributed by atoms with Crippen LogP contribution in [0.5, 0.6) is 0 Å². The molecule has 1 aliphatic rings. The first-order chi connectivity index (χ1) is 16.2. The number of sulfonamides is 1. The van der Waals surface area contributed by atoms with E-state index >= 15 is 0 Å². The summed E-state index contributed by atoms with van der Waals surface area (Å²) in [5.41, 5.74) is 1.40. The highest BCUT2D eigenvalue weighted by Crippen LogP contribution is 2.33. The molecule has 34 heavy (non-hydrogen) atoms. The summed E-state index contributed by atoms with van der Waals surface area (Å²) in [7, 11) is -4.10. The lowest BCUT2D eigenvalue weighted by atomic mass is 10.2. The molecule has 0 radical (unpaired) electrons. The minimum atomic E-state index is -4.10. The summed E-state index contributed by atoms with van der Waals surface area (Å²) in [5, 5.41) is 3.32. The van der Waals surface area contributed by atoms with Gasteiger partial charge in [-0.15, -0.1) is 0 Å². The fourth-order valence-corrected chi connectivity index (χ4v) is 5.67. The van der Waals surface area contributed by atoms with Crippen molar-refractivity contribution in [1.82, 2.24) is 0 Å². The zero-order valence-corrected chi connectivity index (χ0v) is 21.6. The van der Waals surface area contributed by atoms with Gasteiger partial charge in [-0.05, 0) is 64.5 Å². The van der Waals surface area contributed by atoms with Crippen LogP contribution in [0.15, 0.2) is 70.0 Å². The molecule has 7 nitrogen and oxygen atoms in total. The summed E-state index contributed by atoms with van der Waals surface area (Å²) in [6.07, 6.45) is 0. The van der Waals surface area contributed by atoms with Crippen molar-refractivity contribution in [2.24, 2.45) is 0 Å². The van der Waals surface area contributed by atoms with E-state index in [4.69, 9.17) is 27.9 Å². The Morgan fingerprint density at radius 2 is 1.74 bits per heavy atom. The Balaban J connectivity index is 1.72. The number of benzene rings is 3. The van der Waals surface area contributed by atoms with Crippen molar-refractivity contribution in [1.29, 1.82) is 0 Å². The quantitative estimate of drug-likeness (QED) is 0.391. The molecule has 0 spiro atoms. The highest BCUT2D eigenvalue weighted by Gasteiger charge is 2.25. The summed E-state index contributed by atoms with van der Waals surface area (Å²) < 4.78 is 35.6. The van der Waals surface area contributed by atoms with Crippen LogP contribution in [-0.4, -0.2) is 40.6 Å². The molecular formula is C23H20BrCl2N3O4S. The number of morpholine rings is 1. The van der Waals surface area contributed by atoms with Gasteiger partial charge in [0.1, 0.15) is 4.90 Å². The van der Waals surface area contributed by atoms with E-state index in [9.17, 15) is 13.2 Å². The van der Waals surface area contributed by atoms with Gasteiger partial charge in [0.25, 0.3) is 15.9 Å². The molecule has 3 aromatic carbocycles. The molecule has 1 aliphatic heterocycles. The number of amides is 1. The summed E-state index contributed by atoms with van der Waals surface area (Å²) in [6, 6.07) is 16.3. The minimum Gasteiger partial charge on any atom is -0.378 e. The van der Waals surface area contributed by atoms with Gasteiger partial charge < -0.3 is 15.0 Å². The third-order valence-corrected chi connectivity index (χ3v) is 7.80. The van der Waals surface area contributed by atoms with Crippen LogP contribution in [0.1, 0.15) is 10.4 Å². The molecular weight excluding hydrogens is 565 g/mol. The molecule has 1 saturated heterocycles. The van der Waals surface area contributed by atoms with Crippen molar-refractivity contribution < 1.29 is 17.9 Å². The van der Waals surface area contributed by atoms with Gasteiger partial charge in [0.2, 0.25) is 0 Å². The van der Waals surface area contributed by atoms with Crippen LogP contribution < -0.4 is 14.9 Å². The van der Waals surface area contributed by atoms with Gasteiger partial charge in [-0.1, -0.05) is 35.3 Å². The smallest absolute Gasteiger partial charge is 0.264 e. The lowest BCUT2D eigenvalue weighted by Crippen LogP contribution is -2.37. The standard InChI is InChI=1S/C23H20BrCl2N3O4S/c24-18-4-2-1-3-17(18)23(30)27-16-6-8-21(29-9-11-33-12-10-29)22(14-16)34(31,32)28-20-13-15(25)5-7-19(20)26/h1-8,13-14,28H,9-12H2,(H,27,30). The second-order valence-electron chi connectivity index (χ2n) is 7.45. The fraction of sp³-hybridized carbons (Fsp3) is 0.174. The Labute approximate surface area is 216 Å². The second kappa shape index (κ2) is 10.5. The van der Waals surface area contributed by atoms with Gasteiger partial charge >= 0.3 is 0 Å². The molecule has 0 unspecified atom stereocenters. The molecule has 11 heteroatoms. The molecule has 178 valence electrons. The summed E-state index contributed by atoms with van der Waals surface area (Å²) in [5.74, 6) is -0.374. The number of hydrogen-bond donors (Lipinski definition) is 2. The van der Waals surface area contributed by atoms with E-state index in [1.165, 1.54) is 18.2 Å². The predicted molar refractivity (Wildman–Crippen MR) is 139 cm³/mol. The molecule has 0 aliphatic carbocycles.